The van der Waals surface area contributed by atoms with E-state index in [-0.39, 0.29) is 24.9 Å². The Morgan fingerprint density at radius 2 is 0.871 bits per heavy atom. The van der Waals surface area contributed by atoms with E-state index in [4.69, 9.17) is 4.74 Å². The highest BCUT2D eigenvalue weighted by Crippen LogP contribution is 2.18. The van der Waals surface area contributed by atoms with E-state index in [1.165, 1.54) is 116 Å². The summed E-state index contributed by atoms with van der Waals surface area (Å²) in [5.74, 6) is -0.519. The van der Waals surface area contributed by atoms with Gasteiger partial charge < -0.3 is 20.3 Å². The summed E-state index contributed by atoms with van der Waals surface area (Å²) in [7, 11) is 0. The Hall–Kier alpha value is -2.44. The molecule has 0 bridgehead atoms. The van der Waals surface area contributed by atoms with Crippen LogP contribution in [0.4, 0.5) is 0 Å². The fourth-order valence-corrected chi connectivity index (χ4v) is 7.89. The van der Waals surface area contributed by atoms with Crippen molar-refractivity contribution in [3.63, 3.8) is 0 Å². The maximum Gasteiger partial charge on any atom is 0.306 e. The van der Waals surface area contributed by atoms with Crippen molar-refractivity contribution >= 4 is 11.9 Å². The third-order valence-electron chi connectivity index (χ3n) is 11.8. The second-order valence-corrected chi connectivity index (χ2v) is 17.9. The van der Waals surface area contributed by atoms with Gasteiger partial charge in [0.1, 0.15) is 6.10 Å². The number of carbonyl (C=O) groups is 2. The quantitative estimate of drug-likeness (QED) is 0.0322. The van der Waals surface area contributed by atoms with Crippen LogP contribution in [0.25, 0.3) is 0 Å². The van der Waals surface area contributed by atoms with Gasteiger partial charge in [0.05, 0.1) is 25.2 Å². The fraction of sp³-hybridized carbons (Fsp3) is 0.786. The third-order valence-corrected chi connectivity index (χ3v) is 11.8. The minimum absolute atomic E-state index is 0.0474. The average molecular weight is 868 g/mol. The van der Waals surface area contributed by atoms with E-state index in [0.29, 0.717) is 19.3 Å². The summed E-state index contributed by atoms with van der Waals surface area (Å²) in [6, 6.07) is -0.716. The van der Waals surface area contributed by atoms with Crippen LogP contribution in [-0.2, 0) is 14.3 Å². The van der Waals surface area contributed by atoms with E-state index < -0.39 is 18.2 Å². The summed E-state index contributed by atoms with van der Waals surface area (Å²) < 4.78 is 5.91. The average Bonchev–Trinajstić information content (AvgIpc) is 3.26. The zero-order valence-electron chi connectivity index (χ0n) is 41.0. The maximum atomic E-state index is 13.2. The number of unbranched alkanes of at least 4 members (excludes halogenated alkanes) is 25. The predicted molar refractivity (Wildman–Crippen MR) is 268 cm³/mol. The minimum atomic E-state index is -0.800. The van der Waals surface area contributed by atoms with Gasteiger partial charge in [-0.3, -0.25) is 9.59 Å². The number of amides is 1. The molecular weight excluding hydrogens is 767 g/mol. The van der Waals surface area contributed by atoms with Gasteiger partial charge in [-0.05, 0) is 83.5 Å². The first-order chi connectivity index (χ1) is 30.5. The van der Waals surface area contributed by atoms with Crippen LogP contribution in [-0.4, -0.2) is 46.9 Å². The topological polar surface area (TPSA) is 95.9 Å². The number of hydrogen-bond acceptors (Lipinski definition) is 5. The third kappa shape index (κ3) is 44.2. The molecule has 0 saturated carbocycles. The summed E-state index contributed by atoms with van der Waals surface area (Å²) >= 11 is 0. The van der Waals surface area contributed by atoms with Crippen LogP contribution in [0.15, 0.2) is 60.8 Å². The van der Waals surface area contributed by atoms with Crippen LogP contribution >= 0.6 is 0 Å². The Morgan fingerprint density at radius 3 is 1.34 bits per heavy atom. The lowest BCUT2D eigenvalue weighted by atomic mass is 10.0. The van der Waals surface area contributed by atoms with E-state index in [9.17, 15) is 19.8 Å². The minimum Gasteiger partial charge on any atom is -0.462 e. The Bertz CT molecular complexity index is 1110. The predicted octanol–water partition coefficient (Wildman–Crippen LogP) is 16.0. The molecule has 0 fully saturated rings. The first-order valence-corrected chi connectivity index (χ1v) is 26.5. The van der Waals surface area contributed by atoms with Gasteiger partial charge in [-0.25, -0.2) is 0 Å². The summed E-state index contributed by atoms with van der Waals surface area (Å²) in [5, 5.41) is 23.8. The van der Waals surface area contributed by atoms with Gasteiger partial charge in [0, 0.05) is 6.42 Å². The molecule has 0 aliphatic carbocycles. The first kappa shape index (κ1) is 59.6. The summed E-state index contributed by atoms with van der Waals surface area (Å²) in [4.78, 5) is 26.1. The van der Waals surface area contributed by atoms with Gasteiger partial charge in [0.15, 0.2) is 0 Å². The number of allylic oxidation sites excluding steroid dienone is 10. The van der Waals surface area contributed by atoms with E-state index in [1.54, 1.807) is 0 Å². The van der Waals surface area contributed by atoms with Crippen molar-refractivity contribution in [2.45, 2.75) is 277 Å². The highest BCUT2D eigenvalue weighted by atomic mass is 16.5. The summed E-state index contributed by atoms with van der Waals surface area (Å²) in [6.07, 6.45) is 61.5. The van der Waals surface area contributed by atoms with Crippen LogP contribution in [0.1, 0.15) is 258 Å². The number of esters is 1. The molecule has 0 radical (unpaired) electrons. The maximum absolute atomic E-state index is 13.2. The number of aliphatic hydroxyl groups is 2. The lowest BCUT2D eigenvalue weighted by Gasteiger charge is -2.24. The SMILES string of the molecule is CC/C=C/C/C=C/C/C=C/CCCCC(CC(=O)NC(CO)C(O)CCCCCCCCCCCCCCCCCCC)OC(=O)CCCCCCCCC/C=C/C/C=C/CC. The van der Waals surface area contributed by atoms with E-state index in [1.807, 2.05) is 0 Å². The molecule has 6 nitrogen and oxygen atoms in total. The van der Waals surface area contributed by atoms with Crippen molar-refractivity contribution in [2.24, 2.45) is 0 Å². The normalized spacial score (nSPS) is 13.7. The molecule has 62 heavy (non-hydrogen) atoms. The summed E-state index contributed by atoms with van der Waals surface area (Å²) in [6.45, 7) is 6.26. The smallest absolute Gasteiger partial charge is 0.306 e. The van der Waals surface area contributed by atoms with Gasteiger partial charge in [0.25, 0.3) is 0 Å². The Labute approximate surface area is 384 Å². The Kier molecular flexibility index (Phi) is 47.6. The highest BCUT2D eigenvalue weighted by molar-refractivity contribution is 5.77. The van der Waals surface area contributed by atoms with Crippen molar-refractivity contribution in [3.05, 3.63) is 60.8 Å². The first-order valence-electron chi connectivity index (χ1n) is 26.5. The lowest BCUT2D eigenvalue weighted by Crippen LogP contribution is -2.46. The molecule has 0 aromatic heterocycles. The number of rotatable bonds is 47. The molecule has 0 aromatic carbocycles. The molecule has 0 rings (SSSR count). The molecule has 6 heteroatoms. The van der Waals surface area contributed by atoms with E-state index in [0.717, 1.165) is 96.3 Å². The molecule has 360 valence electrons. The van der Waals surface area contributed by atoms with Gasteiger partial charge in [-0.1, -0.05) is 223 Å². The zero-order chi connectivity index (χ0) is 45.2. The molecule has 3 atom stereocenters. The summed E-state index contributed by atoms with van der Waals surface area (Å²) in [5.41, 5.74) is 0. The van der Waals surface area contributed by atoms with Gasteiger partial charge >= 0.3 is 5.97 Å². The standard InChI is InChI=1S/C56H101NO5/c1-4-7-10-13-16-19-22-25-27-28-29-30-33-36-39-42-45-48-54(59)53(51-58)57-55(60)50-52(47-44-41-38-35-32-24-21-18-15-12-9-6-3)62-56(61)49-46-43-40-37-34-31-26-23-20-17-14-11-8-5-2/h8-9,11-12,17-18,20-21,32,35,52-54,58-59H,4-7,10,13-16,19,22-31,33-34,36-51H2,1-3H3,(H,57,60)/b11-8+,12-9+,20-17+,21-18+,35-32+. The van der Waals surface area contributed by atoms with Crippen molar-refractivity contribution in [3.8, 4) is 0 Å². The molecule has 0 heterocycles. The monoisotopic (exact) mass is 868 g/mol. The zero-order valence-corrected chi connectivity index (χ0v) is 41.0. The van der Waals surface area contributed by atoms with Crippen LogP contribution in [0, 0.1) is 0 Å². The van der Waals surface area contributed by atoms with Crippen molar-refractivity contribution in [1.82, 2.24) is 5.32 Å². The molecule has 0 spiro atoms. The second-order valence-electron chi connectivity index (χ2n) is 17.9. The Balaban J connectivity index is 4.54. The van der Waals surface area contributed by atoms with Crippen LogP contribution in [0.5, 0.6) is 0 Å². The number of ether oxygens (including phenoxy) is 1. The fourth-order valence-electron chi connectivity index (χ4n) is 7.89. The van der Waals surface area contributed by atoms with Crippen LogP contribution < -0.4 is 5.32 Å². The van der Waals surface area contributed by atoms with E-state index >= 15 is 0 Å². The molecule has 0 aromatic rings. The van der Waals surface area contributed by atoms with Crippen molar-refractivity contribution < 1.29 is 24.5 Å². The lowest BCUT2D eigenvalue weighted by molar-refractivity contribution is -0.151. The second kappa shape index (κ2) is 49.6. The molecule has 0 saturated heterocycles. The number of hydrogen-bond donors (Lipinski definition) is 3. The molecule has 1 amide bonds. The van der Waals surface area contributed by atoms with Gasteiger partial charge in [0.2, 0.25) is 5.91 Å². The molecule has 3 unspecified atom stereocenters. The highest BCUT2D eigenvalue weighted by Gasteiger charge is 2.24. The Morgan fingerprint density at radius 1 is 0.484 bits per heavy atom. The van der Waals surface area contributed by atoms with E-state index in [2.05, 4.69) is 86.8 Å². The molecule has 0 aliphatic rings. The van der Waals surface area contributed by atoms with Crippen molar-refractivity contribution in [2.75, 3.05) is 6.61 Å². The number of aliphatic hydroxyl groups excluding tert-OH is 2. The molecule has 0 aliphatic heterocycles. The number of nitrogens with one attached hydrogen (secondary N) is 1. The van der Waals surface area contributed by atoms with Crippen molar-refractivity contribution in [1.29, 1.82) is 0 Å². The largest absolute Gasteiger partial charge is 0.462 e. The van der Waals surface area contributed by atoms with Gasteiger partial charge in [-0.15, -0.1) is 0 Å². The molecular formula is C56H101NO5. The molecule has 3 N–H and O–H groups in total. The van der Waals surface area contributed by atoms with Crippen LogP contribution in [0.2, 0.25) is 0 Å². The van der Waals surface area contributed by atoms with Gasteiger partial charge in [-0.2, -0.15) is 0 Å². The van der Waals surface area contributed by atoms with Crippen LogP contribution in [0.3, 0.4) is 0 Å². The number of carbonyl (C=O) groups excluding carboxylic acids is 2.